The van der Waals surface area contributed by atoms with Gasteiger partial charge in [0.15, 0.2) is 5.78 Å². The molecule has 3 nitrogen and oxygen atoms in total. The van der Waals surface area contributed by atoms with Crippen LogP contribution in [0.2, 0.25) is 0 Å². The number of benzene rings is 2. The molecule has 1 heterocycles. The Morgan fingerprint density at radius 2 is 1.56 bits per heavy atom. The molecular formula is C21H18O3S. The Kier molecular flexibility index (Phi) is 5.41. The summed E-state index contributed by atoms with van der Waals surface area (Å²) in [4.78, 5) is 26.0. The summed E-state index contributed by atoms with van der Waals surface area (Å²) < 4.78 is 4.79. The third-order valence-corrected chi connectivity index (χ3v) is 5.16. The second kappa shape index (κ2) is 7.90. The minimum atomic E-state index is -0.308. The molecule has 3 aromatic rings. The van der Waals surface area contributed by atoms with Crippen LogP contribution in [-0.4, -0.2) is 18.9 Å². The number of carbonyl (C=O) groups excluding carboxylic acids is 2. The fourth-order valence-corrected chi connectivity index (χ4v) is 3.75. The van der Waals surface area contributed by atoms with Crippen molar-refractivity contribution >= 4 is 23.1 Å². The molecule has 25 heavy (non-hydrogen) atoms. The molecule has 0 N–H and O–H groups in total. The number of hydrogen-bond acceptors (Lipinski definition) is 4. The van der Waals surface area contributed by atoms with Gasteiger partial charge in [-0.25, -0.2) is 0 Å². The molecule has 0 fully saturated rings. The maximum atomic E-state index is 12.7. The third-order valence-electron chi connectivity index (χ3n) is 3.89. The molecule has 3 rings (SSSR count). The highest BCUT2D eigenvalue weighted by Gasteiger charge is 2.18. The van der Waals surface area contributed by atoms with Crippen LogP contribution in [0.3, 0.4) is 0 Å². The van der Waals surface area contributed by atoms with Crippen molar-refractivity contribution in [3.05, 3.63) is 82.7 Å². The molecule has 0 radical (unpaired) electrons. The Labute approximate surface area is 150 Å². The van der Waals surface area contributed by atoms with Crippen LogP contribution >= 0.6 is 11.3 Å². The Hall–Kier alpha value is -2.72. The number of rotatable bonds is 6. The lowest BCUT2D eigenvalue weighted by molar-refractivity contribution is -0.139. The zero-order valence-corrected chi connectivity index (χ0v) is 14.7. The standard InChI is InChI=1S/C21H18O3S/c1-24-20(23)14-17-13-19(18(22)12-15-8-4-2-5-9-15)25-21(17)16-10-6-3-7-11-16/h2-11,13H,12,14H2,1H3. The van der Waals surface area contributed by atoms with E-state index < -0.39 is 0 Å². The van der Waals surface area contributed by atoms with Crippen LogP contribution < -0.4 is 0 Å². The Balaban J connectivity index is 1.92. The van der Waals surface area contributed by atoms with Crippen molar-refractivity contribution < 1.29 is 14.3 Å². The van der Waals surface area contributed by atoms with E-state index >= 15 is 0 Å². The largest absolute Gasteiger partial charge is 0.469 e. The molecule has 0 saturated heterocycles. The molecule has 0 atom stereocenters. The molecule has 4 heteroatoms. The Morgan fingerprint density at radius 1 is 0.920 bits per heavy atom. The second-order valence-corrected chi connectivity index (χ2v) is 6.72. The summed E-state index contributed by atoms with van der Waals surface area (Å²) in [6, 6.07) is 21.3. The normalized spacial score (nSPS) is 10.4. The van der Waals surface area contributed by atoms with Crippen molar-refractivity contribution in [2.45, 2.75) is 12.8 Å². The summed E-state index contributed by atoms with van der Waals surface area (Å²) in [7, 11) is 1.37. The number of carbonyl (C=O) groups is 2. The van der Waals surface area contributed by atoms with E-state index in [9.17, 15) is 9.59 Å². The monoisotopic (exact) mass is 350 g/mol. The van der Waals surface area contributed by atoms with Crippen LogP contribution in [0.5, 0.6) is 0 Å². The molecule has 0 spiro atoms. The van der Waals surface area contributed by atoms with Crippen LogP contribution in [0, 0.1) is 0 Å². The molecular weight excluding hydrogens is 332 g/mol. The molecule has 0 aliphatic heterocycles. The number of esters is 1. The van der Waals surface area contributed by atoms with Gasteiger partial charge in [-0.2, -0.15) is 0 Å². The Morgan fingerprint density at radius 3 is 2.20 bits per heavy atom. The van der Waals surface area contributed by atoms with Crippen LogP contribution in [-0.2, 0) is 22.4 Å². The van der Waals surface area contributed by atoms with Gasteiger partial charge in [-0.15, -0.1) is 11.3 Å². The molecule has 0 bridgehead atoms. The van der Waals surface area contributed by atoms with Gasteiger partial charge in [0.05, 0.1) is 18.4 Å². The minimum Gasteiger partial charge on any atom is -0.469 e. The number of hydrogen-bond donors (Lipinski definition) is 0. The highest BCUT2D eigenvalue weighted by atomic mass is 32.1. The highest BCUT2D eigenvalue weighted by molar-refractivity contribution is 7.17. The molecule has 2 aromatic carbocycles. The maximum Gasteiger partial charge on any atom is 0.310 e. The lowest BCUT2D eigenvalue weighted by Crippen LogP contribution is -2.05. The van der Waals surface area contributed by atoms with E-state index in [0.717, 1.165) is 21.6 Å². The summed E-state index contributed by atoms with van der Waals surface area (Å²) in [6.45, 7) is 0. The number of ether oxygens (including phenoxy) is 1. The number of methoxy groups -OCH3 is 1. The first kappa shape index (κ1) is 17.1. The third kappa shape index (κ3) is 4.22. The van der Waals surface area contributed by atoms with Crippen molar-refractivity contribution in [2.75, 3.05) is 7.11 Å². The van der Waals surface area contributed by atoms with E-state index in [0.29, 0.717) is 11.3 Å². The van der Waals surface area contributed by atoms with Gasteiger partial charge in [-0.05, 0) is 22.8 Å². The molecule has 0 unspecified atom stereocenters. The highest BCUT2D eigenvalue weighted by Crippen LogP contribution is 2.34. The Bertz CT molecular complexity index is 867. The predicted molar refractivity (Wildman–Crippen MR) is 100.0 cm³/mol. The van der Waals surface area contributed by atoms with Gasteiger partial charge < -0.3 is 4.74 Å². The van der Waals surface area contributed by atoms with Crippen LogP contribution in [0.4, 0.5) is 0 Å². The molecule has 0 saturated carbocycles. The van der Waals surface area contributed by atoms with E-state index in [-0.39, 0.29) is 18.2 Å². The van der Waals surface area contributed by atoms with E-state index in [1.54, 1.807) is 0 Å². The average molecular weight is 350 g/mol. The van der Waals surface area contributed by atoms with Crippen molar-refractivity contribution in [1.29, 1.82) is 0 Å². The first-order valence-electron chi connectivity index (χ1n) is 7.99. The number of Topliss-reactive ketones (excluding diaryl/α,β-unsaturated/α-hetero) is 1. The van der Waals surface area contributed by atoms with Crippen molar-refractivity contribution in [2.24, 2.45) is 0 Å². The van der Waals surface area contributed by atoms with Gasteiger partial charge >= 0.3 is 5.97 Å². The first-order chi connectivity index (χ1) is 12.2. The van der Waals surface area contributed by atoms with Crippen LogP contribution in [0.15, 0.2) is 66.7 Å². The summed E-state index contributed by atoms with van der Waals surface area (Å²) >= 11 is 1.44. The summed E-state index contributed by atoms with van der Waals surface area (Å²) in [5.74, 6) is -0.249. The number of thiophene rings is 1. The molecule has 0 aliphatic rings. The van der Waals surface area contributed by atoms with E-state index in [4.69, 9.17) is 4.74 Å². The summed E-state index contributed by atoms with van der Waals surface area (Å²) in [5, 5.41) is 0. The van der Waals surface area contributed by atoms with Crippen molar-refractivity contribution in [3.63, 3.8) is 0 Å². The fraction of sp³-hybridized carbons (Fsp3) is 0.143. The van der Waals surface area contributed by atoms with Crippen molar-refractivity contribution in [3.8, 4) is 10.4 Å². The van der Waals surface area contributed by atoms with E-state index in [1.807, 2.05) is 66.7 Å². The first-order valence-corrected chi connectivity index (χ1v) is 8.81. The topological polar surface area (TPSA) is 43.4 Å². The van der Waals surface area contributed by atoms with Gasteiger partial charge in [0.1, 0.15) is 0 Å². The average Bonchev–Trinajstić information content (AvgIpc) is 3.07. The second-order valence-electron chi connectivity index (χ2n) is 5.67. The summed E-state index contributed by atoms with van der Waals surface area (Å²) in [6.07, 6.45) is 0.517. The predicted octanol–water partition coefficient (Wildman–Crippen LogP) is 4.56. The van der Waals surface area contributed by atoms with Crippen LogP contribution in [0.25, 0.3) is 10.4 Å². The zero-order chi connectivity index (χ0) is 17.6. The fourth-order valence-electron chi connectivity index (χ4n) is 2.63. The number of ketones is 1. The molecule has 1 aromatic heterocycles. The zero-order valence-electron chi connectivity index (χ0n) is 13.9. The SMILES string of the molecule is COC(=O)Cc1cc(C(=O)Cc2ccccc2)sc1-c1ccccc1. The van der Waals surface area contributed by atoms with Gasteiger partial charge in [0.25, 0.3) is 0 Å². The maximum absolute atomic E-state index is 12.7. The van der Waals surface area contributed by atoms with Gasteiger partial charge in [0.2, 0.25) is 0 Å². The summed E-state index contributed by atoms with van der Waals surface area (Å²) in [5.41, 5.74) is 2.82. The molecule has 0 amide bonds. The van der Waals surface area contributed by atoms with E-state index in [2.05, 4.69) is 0 Å². The lowest BCUT2D eigenvalue weighted by Gasteiger charge is -2.02. The van der Waals surface area contributed by atoms with Crippen LogP contribution in [0.1, 0.15) is 20.8 Å². The lowest BCUT2D eigenvalue weighted by atomic mass is 10.0. The molecule has 126 valence electrons. The van der Waals surface area contributed by atoms with Gasteiger partial charge in [-0.1, -0.05) is 60.7 Å². The smallest absolute Gasteiger partial charge is 0.310 e. The quantitative estimate of drug-likeness (QED) is 0.484. The van der Waals surface area contributed by atoms with Gasteiger partial charge in [0, 0.05) is 11.3 Å². The van der Waals surface area contributed by atoms with Gasteiger partial charge in [-0.3, -0.25) is 9.59 Å². The molecule has 0 aliphatic carbocycles. The van der Waals surface area contributed by atoms with E-state index in [1.165, 1.54) is 18.4 Å². The minimum absolute atomic E-state index is 0.0597. The van der Waals surface area contributed by atoms with Crippen molar-refractivity contribution in [1.82, 2.24) is 0 Å².